The molecule has 0 unspecified atom stereocenters. The topological polar surface area (TPSA) is 37.6 Å². The average Bonchev–Trinajstić information content (AvgIpc) is 3.21. The van der Waals surface area contributed by atoms with Crippen LogP contribution >= 0.6 is 11.3 Å². The number of hydrogen-bond acceptors (Lipinski definition) is 3. The van der Waals surface area contributed by atoms with Crippen molar-refractivity contribution in [2.75, 3.05) is 13.1 Å². The SMILES string of the molecule is O=C(c1cc(F)cc(F)c1)N1CC[C@@H](c2ncn3ccsc23)C1. The predicted octanol–water partition coefficient (Wildman–Crippen LogP) is 3.30. The van der Waals surface area contributed by atoms with Crippen LogP contribution in [0.15, 0.2) is 36.1 Å². The van der Waals surface area contributed by atoms with Crippen molar-refractivity contribution in [3.63, 3.8) is 0 Å². The molecule has 1 amide bonds. The number of amides is 1. The van der Waals surface area contributed by atoms with Gasteiger partial charge in [-0.1, -0.05) is 0 Å². The maximum absolute atomic E-state index is 13.3. The zero-order chi connectivity index (χ0) is 16.0. The van der Waals surface area contributed by atoms with Crippen LogP contribution in [0.2, 0.25) is 0 Å². The highest BCUT2D eigenvalue weighted by Crippen LogP contribution is 2.31. The summed E-state index contributed by atoms with van der Waals surface area (Å²) in [5.41, 5.74) is 1.04. The van der Waals surface area contributed by atoms with Gasteiger partial charge < -0.3 is 4.90 Å². The van der Waals surface area contributed by atoms with Crippen molar-refractivity contribution in [2.45, 2.75) is 12.3 Å². The fraction of sp³-hybridized carbons (Fsp3) is 0.250. The minimum absolute atomic E-state index is 0.0502. The number of nitrogens with zero attached hydrogens (tertiary/aromatic N) is 3. The maximum Gasteiger partial charge on any atom is 0.254 e. The van der Waals surface area contributed by atoms with E-state index in [1.807, 2.05) is 16.0 Å². The Hall–Kier alpha value is -2.28. The van der Waals surface area contributed by atoms with Crippen molar-refractivity contribution in [3.8, 4) is 0 Å². The van der Waals surface area contributed by atoms with Crippen LogP contribution in [0.4, 0.5) is 8.78 Å². The minimum Gasteiger partial charge on any atom is -0.338 e. The molecule has 7 heteroatoms. The fourth-order valence-corrected chi connectivity index (χ4v) is 3.95. The van der Waals surface area contributed by atoms with E-state index < -0.39 is 11.6 Å². The number of halogens is 2. The highest BCUT2D eigenvalue weighted by atomic mass is 32.1. The summed E-state index contributed by atoms with van der Waals surface area (Å²) in [4.78, 5) is 19.6. The minimum atomic E-state index is -0.738. The van der Waals surface area contributed by atoms with Crippen molar-refractivity contribution < 1.29 is 13.6 Å². The molecule has 0 saturated carbocycles. The first-order valence-corrected chi connectivity index (χ1v) is 8.15. The second kappa shape index (κ2) is 5.42. The van der Waals surface area contributed by atoms with Crippen LogP contribution in [0, 0.1) is 11.6 Å². The lowest BCUT2D eigenvalue weighted by atomic mass is 10.1. The Balaban J connectivity index is 1.56. The molecule has 1 fully saturated rings. The molecule has 0 bridgehead atoms. The van der Waals surface area contributed by atoms with Crippen LogP contribution in [0.3, 0.4) is 0 Å². The Labute approximate surface area is 135 Å². The van der Waals surface area contributed by atoms with Gasteiger partial charge >= 0.3 is 0 Å². The van der Waals surface area contributed by atoms with Gasteiger partial charge in [0.1, 0.15) is 22.8 Å². The molecular formula is C16H13F2N3OS. The Morgan fingerprint density at radius 1 is 1.26 bits per heavy atom. The Bertz CT molecular complexity index is 868. The monoisotopic (exact) mass is 333 g/mol. The van der Waals surface area contributed by atoms with E-state index in [2.05, 4.69) is 4.98 Å². The molecule has 0 aliphatic carbocycles. The van der Waals surface area contributed by atoms with Gasteiger partial charge in [-0.2, -0.15) is 0 Å². The molecule has 1 atom stereocenters. The van der Waals surface area contributed by atoms with Crippen LogP contribution in [-0.2, 0) is 0 Å². The van der Waals surface area contributed by atoms with Crippen molar-refractivity contribution in [1.82, 2.24) is 14.3 Å². The largest absolute Gasteiger partial charge is 0.338 e. The summed E-state index contributed by atoms with van der Waals surface area (Å²) in [6, 6.07) is 2.92. The standard InChI is InChI=1S/C16H13F2N3OS/c17-12-5-11(6-13(18)7-12)15(22)20-2-1-10(8-20)14-16-21(9-19-14)3-4-23-16/h3-7,9-10H,1-2,8H2/t10-/m1/s1. The number of aromatic nitrogens is 2. The maximum atomic E-state index is 13.3. The number of likely N-dealkylation sites (tertiary alicyclic amines) is 1. The van der Waals surface area contributed by atoms with E-state index in [1.165, 1.54) is 0 Å². The van der Waals surface area contributed by atoms with Gasteiger partial charge in [-0.3, -0.25) is 9.20 Å². The average molecular weight is 333 g/mol. The molecular weight excluding hydrogens is 320 g/mol. The smallest absolute Gasteiger partial charge is 0.254 e. The van der Waals surface area contributed by atoms with Crippen LogP contribution in [-0.4, -0.2) is 33.3 Å². The van der Waals surface area contributed by atoms with Gasteiger partial charge in [0.2, 0.25) is 0 Å². The highest BCUT2D eigenvalue weighted by Gasteiger charge is 2.30. The van der Waals surface area contributed by atoms with E-state index in [9.17, 15) is 13.6 Å². The molecule has 4 nitrogen and oxygen atoms in total. The highest BCUT2D eigenvalue weighted by molar-refractivity contribution is 7.15. The summed E-state index contributed by atoms with van der Waals surface area (Å²) in [6.07, 6.45) is 4.52. The van der Waals surface area contributed by atoms with E-state index >= 15 is 0 Å². The third kappa shape index (κ3) is 2.50. The van der Waals surface area contributed by atoms with E-state index in [0.717, 1.165) is 35.1 Å². The van der Waals surface area contributed by atoms with Crippen molar-refractivity contribution in [2.24, 2.45) is 0 Å². The van der Waals surface area contributed by atoms with Crippen molar-refractivity contribution >= 4 is 22.1 Å². The number of fused-ring (bicyclic) bond motifs is 1. The molecule has 0 radical (unpaired) electrons. The van der Waals surface area contributed by atoms with Crippen molar-refractivity contribution in [1.29, 1.82) is 0 Å². The van der Waals surface area contributed by atoms with Crippen LogP contribution in [0.1, 0.15) is 28.4 Å². The molecule has 4 rings (SSSR count). The summed E-state index contributed by atoms with van der Waals surface area (Å²) >= 11 is 1.62. The van der Waals surface area contributed by atoms with E-state index in [0.29, 0.717) is 13.1 Å². The zero-order valence-electron chi connectivity index (χ0n) is 12.1. The third-order valence-corrected chi connectivity index (χ3v) is 5.05. The second-order valence-electron chi connectivity index (χ2n) is 5.64. The van der Waals surface area contributed by atoms with Gasteiger partial charge in [0, 0.05) is 42.2 Å². The van der Waals surface area contributed by atoms with Gasteiger partial charge in [-0.15, -0.1) is 11.3 Å². The van der Waals surface area contributed by atoms with E-state index in [-0.39, 0.29) is 17.4 Å². The van der Waals surface area contributed by atoms with E-state index in [4.69, 9.17) is 0 Å². The fourth-order valence-electron chi connectivity index (χ4n) is 3.06. The van der Waals surface area contributed by atoms with Gasteiger partial charge in [0.15, 0.2) is 0 Å². The normalized spacial score (nSPS) is 18.0. The summed E-state index contributed by atoms with van der Waals surface area (Å²) in [7, 11) is 0. The molecule has 1 saturated heterocycles. The Morgan fingerprint density at radius 3 is 2.83 bits per heavy atom. The molecule has 0 N–H and O–H groups in total. The lowest BCUT2D eigenvalue weighted by molar-refractivity contribution is 0.0789. The number of rotatable bonds is 2. The number of thiazole rings is 1. The lowest BCUT2D eigenvalue weighted by Gasteiger charge is -2.16. The summed E-state index contributed by atoms with van der Waals surface area (Å²) in [6.45, 7) is 1.08. The first-order valence-electron chi connectivity index (χ1n) is 7.27. The van der Waals surface area contributed by atoms with Gasteiger partial charge in [-0.25, -0.2) is 13.8 Å². The molecule has 23 heavy (non-hydrogen) atoms. The molecule has 2 aromatic heterocycles. The number of carbonyl (C=O) groups excluding carboxylic acids is 1. The third-order valence-electron chi connectivity index (χ3n) is 4.15. The number of benzene rings is 1. The molecule has 1 aromatic carbocycles. The number of hydrogen-bond donors (Lipinski definition) is 0. The van der Waals surface area contributed by atoms with Crippen LogP contribution < -0.4 is 0 Å². The molecule has 0 spiro atoms. The summed E-state index contributed by atoms with van der Waals surface area (Å²) in [5, 5.41) is 1.99. The first kappa shape index (κ1) is 14.3. The quantitative estimate of drug-likeness (QED) is 0.722. The van der Waals surface area contributed by atoms with Crippen LogP contribution in [0.5, 0.6) is 0 Å². The van der Waals surface area contributed by atoms with Gasteiger partial charge in [0.05, 0.1) is 5.69 Å². The zero-order valence-corrected chi connectivity index (χ0v) is 12.9. The number of imidazole rings is 1. The predicted molar refractivity (Wildman–Crippen MR) is 82.7 cm³/mol. The second-order valence-corrected chi connectivity index (χ2v) is 6.53. The molecule has 1 aliphatic heterocycles. The lowest BCUT2D eigenvalue weighted by Crippen LogP contribution is -2.28. The van der Waals surface area contributed by atoms with E-state index in [1.54, 1.807) is 22.6 Å². The molecule has 118 valence electrons. The molecule has 1 aliphatic rings. The summed E-state index contributed by atoms with van der Waals surface area (Å²) < 4.78 is 28.5. The van der Waals surface area contributed by atoms with Crippen LogP contribution in [0.25, 0.3) is 4.83 Å². The van der Waals surface area contributed by atoms with Gasteiger partial charge in [0.25, 0.3) is 5.91 Å². The summed E-state index contributed by atoms with van der Waals surface area (Å²) in [5.74, 6) is -1.66. The number of carbonyl (C=O) groups is 1. The van der Waals surface area contributed by atoms with Gasteiger partial charge in [-0.05, 0) is 18.6 Å². The Morgan fingerprint density at radius 2 is 2.04 bits per heavy atom. The molecule has 3 aromatic rings. The molecule has 3 heterocycles. The Kier molecular flexibility index (Phi) is 3.37. The first-order chi connectivity index (χ1) is 11.1. The van der Waals surface area contributed by atoms with Crippen molar-refractivity contribution in [3.05, 3.63) is 59.0 Å².